The summed E-state index contributed by atoms with van der Waals surface area (Å²) in [6, 6.07) is 0. The summed E-state index contributed by atoms with van der Waals surface area (Å²) in [5, 5.41) is 36.9. The van der Waals surface area contributed by atoms with Crippen LogP contribution in [0.1, 0.15) is 61.8 Å². The Kier molecular flexibility index (Phi) is 6.42. The number of ether oxygens (including phenoxy) is 3. The molecule has 7 rings (SSSR count). The smallest absolute Gasteiger partial charge is 0.303 e. The van der Waals surface area contributed by atoms with Gasteiger partial charge in [-0.05, 0) is 70.2 Å². The number of carbonyl (C=O) groups is 2. The van der Waals surface area contributed by atoms with E-state index in [9.17, 15) is 24.9 Å². The van der Waals surface area contributed by atoms with E-state index in [2.05, 4.69) is 73.1 Å². The van der Waals surface area contributed by atoms with Gasteiger partial charge in [-0.15, -0.1) is 0 Å². The first-order chi connectivity index (χ1) is 19.7. The van der Waals surface area contributed by atoms with Crippen LogP contribution in [0.15, 0.2) is 12.3 Å². The molecule has 2 aliphatic heterocycles. The molecule has 5 saturated carbocycles. The Morgan fingerprint density at radius 1 is 1.02 bits per heavy atom. The van der Waals surface area contributed by atoms with Crippen LogP contribution >= 0.6 is 31.9 Å². The number of ketones is 1. The molecule has 5 aliphatic carbocycles. The van der Waals surface area contributed by atoms with E-state index in [4.69, 9.17) is 14.2 Å². The molecule has 0 aromatic rings. The zero-order valence-electron chi connectivity index (χ0n) is 26.2. The first-order valence-electron chi connectivity index (χ1n) is 15.9. The Hall–Kier alpha value is -0.520. The third-order valence-corrected chi connectivity index (χ3v) is 18.6. The minimum atomic E-state index is -1.47. The molecule has 7 fully saturated rings. The molecule has 2 heterocycles. The van der Waals surface area contributed by atoms with Crippen molar-refractivity contribution in [3.05, 3.63) is 12.3 Å². The van der Waals surface area contributed by atoms with Crippen molar-refractivity contribution in [2.75, 3.05) is 0 Å². The second-order valence-corrected chi connectivity index (χ2v) is 18.2. The number of esters is 1. The average molecular weight is 731 g/mol. The van der Waals surface area contributed by atoms with E-state index in [1.807, 2.05) is 6.92 Å². The van der Waals surface area contributed by atoms with Gasteiger partial charge in [0, 0.05) is 30.1 Å². The quantitative estimate of drug-likeness (QED) is 0.208. The first kappa shape index (κ1) is 31.1. The highest BCUT2D eigenvalue weighted by Crippen LogP contribution is 2.80. The van der Waals surface area contributed by atoms with Gasteiger partial charge in [0.2, 0.25) is 0 Å². The number of hydrogen-bond donors (Lipinski definition) is 3. The highest BCUT2D eigenvalue weighted by molar-refractivity contribution is 9.12. The Balaban J connectivity index is 1.43. The summed E-state index contributed by atoms with van der Waals surface area (Å²) in [5.41, 5.74) is -3.74. The molecule has 6 unspecified atom stereocenters. The van der Waals surface area contributed by atoms with Gasteiger partial charge in [0.05, 0.1) is 22.5 Å². The number of halogens is 2. The van der Waals surface area contributed by atoms with Crippen molar-refractivity contribution in [3.8, 4) is 0 Å². The molecule has 240 valence electrons. The van der Waals surface area contributed by atoms with E-state index >= 15 is 0 Å². The SMILES string of the molecule is C=C1OC2(Br)C(Br)[C@@H](C)[C@H]3[C@@H]([C@H](O)[C@H]4C5C(O)C(=O)[C@H]6C[C@@H]7O[C@@H]7[C@H](OC(C)=O)[C@]6(C)C5C(C)[C@H](C)[C@]34C)[C@@]2(C)[C@]1(C)O. The lowest BCUT2D eigenvalue weighted by Gasteiger charge is -2.66. The van der Waals surface area contributed by atoms with E-state index in [1.54, 1.807) is 6.92 Å². The summed E-state index contributed by atoms with van der Waals surface area (Å²) in [4.78, 5) is 26.5. The number of aliphatic hydroxyl groups excluding tert-OH is 2. The topological polar surface area (TPSA) is 126 Å². The Morgan fingerprint density at radius 2 is 1.65 bits per heavy atom. The fraction of sp³-hybridized carbons (Fsp3) is 0.879. The predicted octanol–water partition coefficient (Wildman–Crippen LogP) is 4.21. The van der Waals surface area contributed by atoms with E-state index in [0.29, 0.717) is 6.42 Å². The van der Waals surface area contributed by atoms with Gasteiger partial charge in [0.15, 0.2) is 10.3 Å². The largest absolute Gasteiger partial charge is 0.476 e. The Labute approximate surface area is 270 Å². The fourth-order valence-electron chi connectivity index (χ4n) is 12.8. The number of aliphatic hydroxyl groups is 3. The number of rotatable bonds is 1. The predicted molar refractivity (Wildman–Crippen MR) is 164 cm³/mol. The lowest BCUT2D eigenvalue weighted by molar-refractivity contribution is -0.234. The van der Waals surface area contributed by atoms with Crippen molar-refractivity contribution in [2.45, 2.75) is 107 Å². The molecule has 0 amide bonds. The Morgan fingerprint density at radius 3 is 2.26 bits per heavy atom. The maximum absolute atomic E-state index is 14.3. The second kappa shape index (κ2) is 8.88. The van der Waals surface area contributed by atoms with Gasteiger partial charge in [-0.2, -0.15) is 0 Å². The number of carbonyl (C=O) groups excluding carboxylic acids is 2. The number of fused-ring (bicyclic) bond motifs is 10. The lowest BCUT2D eigenvalue weighted by atomic mass is 9.38. The van der Waals surface area contributed by atoms with Crippen LogP contribution in [-0.4, -0.2) is 72.5 Å². The van der Waals surface area contributed by atoms with Crippen LogP contribution in [0, 0.1) is 69.5 Å². The van der Waals surface area contributed by atoms with Crippen molar-refractivity contribution in [1.29, 1.82) is 0 Å². The molecule has 0 bridgehead atoms. The minimum absolute atomic E-state index is 0.00105. The van der Waals surface area contributed by atoms with Gasteiger partial charge in [0.1, 0.15) is 29.7 Å². The summed E-state index contributed by atoms with van der Waals surface area (Å²) in [6.07, 6.45) is -2.74. The first-order valence-corrected chi connectivity index (χ1v) is 17.6. The standard InChI is InChI=1S/C33H46Br2O8/c1-11-13(3)29(6)20-12(2)27(34)33(35)31(8,32(9,40)14(4)43-33)22(20)25(39)21(29)18-19(11)30(7)16(23(37)24(18)38)10-17-26(42-17)28(30)41-15(5)36/h11-13,16-22,24-28,38-40H,4,10H2,1-3,5-9H3/t11?,12-,13-,16+,17-,18?,19?,20-,21+,22-,24?,25+,26-,27?,28-,29+,30-,31-,32+,33?/m0/s1. The molecule has 0 radical (unpaired) electrons. The Bertz CT molecular complexity index is 1310. The average Bonchev–Trinajstić information content (AvgIpc) is 3.63. The summed E-state index contributed by atoms with van der Waals surface area (Å²) in [6.45, 7) is 20.1. The molecule has 43 heavy (non-hydrogen) atoms. The van der Waals surface area contributed by atoms with E-state index in [0.717, 1.165) is 0 Å². The zero-order chi connectivity index (χ0) is 31.7. The molecular formula is C33H46Br2O8. The van der Waals surface area contributed by atoms with Crippen LogP contribution in [0.3, 0.4) is 0 Å². The van der Waals surface area contributed by atoms with Crippen molar-refractivity contribution in [3.63, 3.8) is 0 Å². The monoisotopic (exact) mass is 728 g/mol. The highest BCUT2D eigenvalue weighted by atomic mass is 79.9. The molecule has 10 heteroatoms. The van der Waals surface area contributed by atoms with Crippen LogP contribution in [0.25, 0.3) is 0 Å². The van der Waals surface area contributed by atoms with Gasteiger partial charge in [-0.3, -0.25) is 9.59 Å². The summed E-state index contributed by atoms with van der Waals surface area (Å²) in [5.74, 6) is -2.56. The molecule has 20 atom stereocenters. The summed E-state index contributed by atoms with van der Waals surface area (Å²) < 4.78 is 17.4. The number of epoxide rings is 1. The molecule has 0 spiro atoms. The number of hydrogen-bond acceptors (Lipinski definition) is 8. The third kappa shape index (κ3) is 3.18. The van der Waals surface area contributed by atoms with Crippen molar-refractivity contribution >= 4 is 43.6 Å². The van der Waals surface area contributed by atoms with E-state index in [-0.39, 0.29) is 58.2 Å². The van der Waals surface area contributed by atoms with Crippen molar-refractivity contribution in [2.24, 2.45) is 69.5 Å². The fourth-order valence-corrected chi connectivity index (χ4v) is 14.9. The second-order valence-electron chi connectivity index (χ2n) is 16.1. The molecule has 8 nitrogen and oxygen atoms in total. The van der Waals surface area contributed by atoms with Gasteiger partial charge >= 0.3 is 5.97 Å². The molecule has 0 aromatic carbocycles. The molecule has 0 aromatic heterocycles. The van der Waals surface area contributed by atoms with Crippen LogP contribution in [0.2, 0.25) is 0 Å². The molecule has 7 aliphatic rings. The molecular weight excluding hydrogens is 684 g/mol. The zero-order valence-corrected chi connectivity index (χ0v) is 29.4. The third-order valence-electron chi connectivity index (χ3n) is 15.1. The maximum Gasteiger partial charge on any atom is 0.303 e. The highest BCUT2D eigenvalue weighted by Gasteiger charge is 2.84. The summed E-state index contributed by atoms with van der Waals surface area (Å²) in [7, 11) is 0. The van der Waals surface area contributed by atoms with Gasteiger partial charge < -0.3 is 29.5 Å². The van der Waals surface area contributed by atoms with Gasteiger partial charge in [-0.25, -0.2) is 0 Å². The van der Waals surface area contributed by atoms with E-state index in [1.165, 1.54) is 6.92 Å². The summed E-state index contributed by atoms with van der Waals surface area (Å²) >= 11 is 7.91. The molecule has 2 saturated heterocycles. The van der Waals surface area contributed by atoms with Crippen LogP contribution < -0.4 is 0 Å². The van der Waals surface area contributed by atoms with Crippen LogP contribution in [-0.2, 0) is 23.8 Å². The molecule has 3 N–H and O–H groups in total. The van der Waals surface area contributed by atoms with E-state index < -0.39 is 74.3 Å². The lowest BCUT2D eigenvalue weighted by Crippen LogP contribution is -2.71. The normalized spacial score (nSPS) is 64.8. The van der Waals surface area contributed by atoms with Crippen molar-refractivity contribution in [1.82, 2.24) is 0 Å². The van der Waals surface area contributed by atoms with Crippen molar-refractivity contribution < 1.29 is 39.1 Å². The van der Waals surface area contributed by atoms with Gasteiger partial charge in [0.25, 0.3) is 0 Å². The minimum Gasteiger partial charge on any atom is -0.476 e. The van der Waals surface area contributed by atoms with Crippen LogP contribution in [0.5, 0.6) is 0 Å². The van der Waals surface area contributed by atoms with Crippen LogP contribution in [0.4, 0.5) is 0 Å². The maximum atomic E-state index is 14.3. The number of Topliss-reactive ketones (excluding diaryl/α,β-unsaturated/α-hetero) is 1. The van der Waals surface area contributed by atoms with Gasteiger partial charge in [-0.1, -0.05) is 64.1 Å². The number of alkyl halides is 2.